The number of hydrogen-bond donors (Lipinski definition) is 2. The summed E-state index contributed by atoms with van der Waals surface area (Å²) in [5.74, 6) is 6.39. The summed E-state index contributed by atoms with van der Waals surface area (Å²) in [5.41, 5.74) is 1.34. The molecule has 0 bridgehead atoms. The first-order valence-electron chi connectivity index (χ1n) is 6.76. The molecule has 2 rings (SSSR count). The molecule has 0 aromatic heterocycles. The van der Waals surface area contributed by atoms with E-state index in [1.807, 2.05) is 18.2 Å². The minimum atomic E-state index is -0.0464. The van der Waals surface area contributed by atoms with Crippen LogP contribution in [-0.4, -0.2) is 23.7 Å². The average Bonchev–Trinajstić information content (AvgIpc) is 3.18. The Morgan fingerprint density at radius 2 is 2.26 bits per heavy atom. The van der Waals surface area contributed by atoms with Crippen molar-refractivity contribution >= 4 is 5.91 Å². The Balaban J connectivity index is 2.07. The van der Waals surface area contributed by atoms with Gasteiger partial charge in [0.25, 0.3) is 5.91 Å². The van der Waals surface area contributed by atoms with E-state index in [0.29, 0.717) is 23.9 Å². The standard InChI is InChI=1S/C16H19NO2/c1-2-12-11-15(12)17-16(19)14-9-4-3-7-13(14)8-5-6-10-18/h3-4,7,9,12,15,18H,2,6,10-11H2,1H3,(H,17,19). The molecule has 0 spiro atoms. The molecule has 0 aliphatic heterocycles. The van der Waals surface area contributed by atoms with Gasteiger partial charge in [-0.25, -0.2) is 0 Å². The molecule has 2 unspecified atom stereocenters. The number of benzene rings is 1. The van der Waals surface area contributed by atoms with E-state index in [4.69, 9.17) is 5.11 Å². The maximum absolute atomic E-state index is 12.2. The van der Waals surface area contributed by atoms with Crippen molar-refractivity contribution in [2.24, 2.45) is 5.92 Å². The predicted molar refractivity (Wildman–Crippen MR) is 74.7 cm³/mol. The van der Waals surface area contributed by atoms with Gasteiger partial charge in [0.05, 0.1) is 12.2 Å². The first-order chi connectivity index (χ1) is 9.26. The minimum Gasteiger partial charge on any atom is -0.395 e. The monoisotopic (exact) mass is 257 g/mol. The molecular formula is C16H19NO2. The Labute approximate surface area is 114 Å². The number of hydrogen-bond acceptors (Lipinski definition) is 2. The third kappa shape index (κ3) is 3.59. The summed E-state index contributed by atoms with van der Waals surface area (Å²) in [4.78, 5) is 12.2. The molecule has 1 fully saturated rings. The van der Waals surface area contributed by atoms with E-state index in [1.165, 1.54) is 0 Å². The second-order valence-electron chi connectivity index (χ2n) is 4.80. The number of carbonyl (C=O) groups is 1. The normalized spacial score (nSPS) is 20.3. The first kappa shape index (κ1) is 13.6. The highest BCUT2D eigenvalue weighted by Crippen LogP contribution is 2.33. The van der Waals surface area contributed by atoms with Crippen molar-refractivity contribution in [3.05, 3.63) is 35.4 Å². The molecule has 1 aliphatic rings. The van der Waals surface area contributed by atoms with Gasteiger partial charge in [-0.05, 0) is 24.5 Å². The van der Waals surface area contributed by atoms with Gasteiger partial charge in [0.1, 0.15) is 0 Å². The Bertz CT molecular complexity index is 513. The van der Waals surface area contributed by atoms with Gasteiger partial charge in [0.15, 0.2) is 0 Å². The highest BCUT2D eigenvalue weighted by molar-refractivity contribution is 5.97. The molecule has 3 heteroatoms. The van der Waals surface area contributed by atoms with Crippen molar-refractivity contribution in [2.45, 2.75) is 32.2 Å². The lowest BCUT2D eigenvalue weighted by Crippen LogP contribution is -2.27. The number of aliphatic hydroxyl groups excluding tert-OH is 1. The summed E-state index contributed by atoms with van der Waals surface area (Å²) in [5, 5.41) is 11.8. The topological polar surface area (TPSA) is 49.3 Å². The van der Waals surface area contributed by atoms with E-state index in [9.17, 15) is 4.79 Å². The van der Waals surface area contributed by atoms with Crippen LogP contribution in [0.3, 0.4) is 0 Å². The zero-order valence-corrected chi connectivity index (χ0v) is 11.1. The molecule has 0 radical (unpaired) electrons. The molecule has 100 valence electrons. The predicted octanol–water partition coefficient (Wildman–Crippen LogP) is 1.95. The molecule has 0 heterocycles. The molecule has 2 atom stereocenters. The summed E-state index contributed by atoms with van der Waals surface area (Å²) in [6.45, 7) is 2.19. The van der Waals surface area contributed by atoms with E-state index in [0.717, 1.165) is 18.4 Å². The van der Waals surface area contributed by atoms with Crippen LogP contribution in [0.25, 0.3) is 0 Å². The number of aliphatic hydroxyl groups is 1. The lowest BCUT2D eigenvalue weighted by atomic mass is 10.1. The molecule has 3 nitrogen and oxygen atoms in total. The van der Waals surface area contributed by atoms with Crippen LogP contribution >= 0.6 is 0 Å². The van der Waals surface area contributed by atoms with Crippen LogP contribution in [0.5, 0.6) is 0 Å². The zero-order valence-electron chi connectivity index (χ0n) is 11.1. The third-order valence-electron chi connectivity index (χ3n) is 3.40. The molecule has 1 saturated carbocycles. The van der Waals surface area contributed by atoms with Crippen molar-refractivity contribution < 1.29 is 9.90 Å². The van der Waals surface area contributed by atoms with Crippen LogP contribution in [-0.2, 0) is 0 Å². The summed E-state index contributed by atoms with van der Waals surface area (Å²) < 4.78 is 0. The van der Waals surface area contributed by atoms with E-state index in [-0.39, 0.29) is 12.5 Å². The molecule has 1 aromatic rings. The van der Waals surface area contributed by atoms with E-state index < -0.39 is 0 Å². The van der Waals surface area contributed by atoms with Crippen LogP contribution in [0.1, 0.15) is 42.1 Å². The van der Waals surface area contributed by atoms with Gasteiger partial charge in [-0.3, -0.25) is 4.79 Å². The largest absolute Gasteiger partial charge is 0.395 e. The summed E-state index contributed by atoms with van der Waals surface area (Å²) in [7, 11) is 0. The van der Waals surface area contributed by atoms with Crippen molar-refractivity contribution in [3.8, 4) is 11.8 Å². The third-order valence-corrected chi connectivity index (χ3v) is 3.40. The molecule has 1 aliphatic carbocycles. The first-order valence-corrected chi connectivity index (χ1v) is 6.76. The Kier molecular flexibility index (Phi) is 4.59. The quantitative estimate of drug-likeness (QED) is 0.810. The van der Waals surface area contributed by atoms with Gasteiger partial charge < -0.3 is 10.4 Å². The average molecular weight is 257 g/mol. The minimum absolute atomic E-state index is 0.0433. The van der Waals surface area contributed by atoms with Crippen molar-refractivity contribution in [3.63, 3.8) is 0 Å². The molecule has 19 heavy (non-hydrogen) atoms. The van der Waals surface area contributed by atoms with Gasteiger partial charge in [0.2, 0.25) is 0 Å². The highest BCUT2D eigenvalue weighted by atomic mass is 16.2. The van der Waals surface area contributed by atoms with Gasteiger partial charge in [-0.2, -0.15) is 0 Å². The SMILES string of the molecule is CCC1CC1NC(=O)c1ccccc1C#CCCO. The number of amides is 1. The fourth-order valence-corrected chi connectivity index (χ4v) is 2.13. The number of rotatable bonds is 4. The lowest BCUT2D eigenvalue weighted by molar-refractivity contribution is 0.0948. The van der Waals surface area contributed by atoms with Gasteiger partial charge in [0, 0.05) is 18.0 Å². The van der Waals surface area contributed by atoms with Gasteiger partial charge >= 0.3 is 0 Å². The summed E-state index contributed by atoms with van der Waals surface area (Å²) in [6, 6.07) is 7.67. The number of nitrogens with one attached hydrogen (secondary N) is 1. The maximum atomic E-state index is 12.2. The fraction of sp³-hybridized carbons (Fsp3) is 0.438. The fourth-order valence-electron chi connectivity index (χ4n) is 2.13. The van der Waals surface area contributed by atoms with Crippen LogP contribution in [0.2, 0.25) is 0 Å². The van der Waals surface area contributed by atoms with E-state index in [2.05, 4.69) is 24.1 Å². The van der Waals surface area contributed by atoms with Gasteiger partial charge in [-0.15, -0.1) is 0 Å². The van der Waals surface area contributed by atoms with Crippen molar-refractivity contribution in [1.82, 2.24) is 5.32 Å². The molecule has 1 aromatic carbocycles. The summed E-state index contributed by atoms with van der Waals surface area (Å²) >= 11 is 0. The Morgan fingerprint density at radius 1 is 1.47 bits per heavy atom. The molecule has 2 N–H and O–H groups in total. The van der Waals surface area contributed by atoms with Crippen LogP contribution in [0.4, 0.5) is 0 Å². The highest BCUT2D eigenvalue weighted by Gasteiger charge is 2.36. The Hall–Kier alpha value is -1.79. The lowest BCUT2D eigenvalue weighted by Gasteiger charge is -2.06. The number of carbonyl (C=O) groups excluding carboxylic acids is 1. The smallest absolute Gasteiger partial charge is 0.252 e. The van der Waals surface area contributed by atoms with Crippen LogP contribution < -0.4 is 5.32 Å². The van der Waals surface area contributed by atoms with Gasteiger partial charge in [-0.1, -0.05) is 37.3 Å². The van der Waals surface area contributed by atoms with Crippen LogP contribution in [0, 0.1) is 17.8 Å². The maximum Gasteiger partial charge on any atom is 0.252 e. The summed E-state index contributed by atoms with van der Waals surface area (Å²) in [6.07, 6.45) is 2.62. The molecule has 1 amide bonds. The Morgan fingerprint density at radius 3 is 2.95 bits per heavy atom. The van der Waals surface area contributed by atoms with Crippen LogP contribution in [0.15, 0.2) is 24.3 Å². The second kappa shape index (κ2) is 6.40. The molecular weight excluding hydrogens is 238 g/mol. The van der Waals surface area contributed by atoms with Crippen molar-refractivity contribution in [1.29, 1.82) is 0 Å². The zero-order chi connectivity index (χ0) is 13.7. The molecule has 0 saturated heterocycles. The van der Waals surface area contributed by atoms with Crippen molar-refractivity contribution in [2.75, 3.05) is 6.61 Å². The van der Waals surface area contributed by atoms with E-state index in [1.54, 1.807) is 6.07 Å². The second-order valence-corrected chi connectivity index (χ2v) is 4.80. The van der Waals surface area contributed by atoms with E-state index >= 15 is 0 Å².